The molecule has 0 saturated carbocycles. The second kappa shape index (κ2) is 8.90. The Hall–Kier alpha value is -2.48. The van der Waals surface area contributed by atoms with Crippen LogP contribution in [0.15, 0.2) is 40.5 Å². The third-order valence-corrected chi connectivity index (χ3v) is 5.07. The first-order valence-corrected chi connectivity index (χ1v) is 9.50. The van der Waals surface area contributed by atoms with Crippen LogP contribution in [0.5, 0.6) is 5.75 Å². The molecule has 1 aliphatic heterocycles. The Bertz CT molecular complexity index is 954. The van der Waals surface area contributed by atoms with Crippen molar-refractivity contribution < 1.29 is 28.6 Å². The van der Waals surface area contributed by atoms with Crippen molar-refractivity contribution in [1.82, 2.24) is 4.90 Å². The van der Waals surface area contributed by atoms with E-state index < -0.39 is 23.5 Å². The standard InChI is InChI=1S/C20H19Cl2NO6/c1-27-7-4-6-23-16(14-5-3-8-29-14)15(18(25)20(23)26)17(24)12-9-11(21)10-13(22)19(12)28-2/h3,5,8-10,16,24H,4,6-7H2,1-2H3/b17-15-. The number of likely N-dealkylation sites (tertiary alicyclic amines) is 1. The number of methoxy groups -OCH3 is 2. The molecule has 2 heterocycles. The van der Waals surface area contributed by atoms with Crippen molar-refractivity contribution in [3.05, 3.63) is 57.5 Å². The number of Topliss-reactive ketones (excluding diaryl/α,β-unsaturated/α-hetero) is 1. The predicted octanol–water partition coefficient (Wildman–Crippen LogP) is 4.05. The Morgan fingerprint density at radius 3 is 2.66 bits per heavy atom. The number of halogens is 2. The topological polar surface area (TPSA) is 89.2 Å². The number of hydrogen-bond acceptors (Lipinski definition) is 6. The Kier molecular flexibility index (Phi) is 6.52. The summed E-state index contributed by atoms with van der Waals surface area (Å²) in [5.74, 6) is -1.54. The normalized spacial score (nSPS) is 18.5. The van der Waals surface area contributed by atoms with Gasteiger partial charge in [0.25, 0.3) is 11.7 Å². The lowest BCUT2D eigenvalue weighted by Crippen LogP contribution is -2.31. The quantitative estimate of drug-likeness (QED) is 0.303. The van der Waals surface area contributed by atoms with E-state index in [2.05, 4.69) is 0 Å². The van der Waals surface area contributed by atoms with E-state index in [9.17, 15) is 14.7 Å². The van der Waals surface area contributed by atoms with E-state index in [-0.39, 0.29) is 33.5 Å². The van der Waals surface area contributed by atoms with E-state index in [1.54, 1.807) is 19.2 Å². The molecule has 1 N–H and O–H groups in total. The van der Waals surface area contributed by atoms with Gasteiger partial charge in [-0.2, -0.15) is 0 Å². The molecule has 1 unspecified atom stereocenters. The fourth-order valence-electron chi connectivity index (χ4n) is 3.32. The molecule has 154 valence electrons. The highest BCUT2D eigenvalue weighted by atomic mass is 35.5. The largest absolute Gasteiger partial charge is 0.507 e. The number of benzene rings is 1. The van der Waals surface area contributed by atoms with Crippen LogP contribution in [0.25, 0.3) is 5.76 Å². The molecule has 1 aromatic heterocycles. The summed E-state index contributed by atoms with van der Waals surface area (Å²) >= 11 is 12.2. The van der Waals surface area contributed by atoms with E-state index in [0.29, 0.717) is 18.8 Å². The van der Waals surface area contributed by atoms with Gasteiger partial charge in [-0.25, -0.2) is 0 Å². The number of rotatable bonds is 7. The van der Waals surface area contributed by atoms with E-state index in [4.69, 9.17) is 37.1 Å². The lowest BCUT2D eigenvalue weighted by atomic mass is 9.98. The Morgan fingerprint density at radius 2 is 2.03 bits per heavy atom. The molecule has 0 radical (unpaired) electrons. The summed E-state index contributed by atoms with van der Waals surface area (Å²) in [6, 6.07) is 5.24. The van der Waals surface area contributed by atoms with Gasteiger partial charge >= 0.3 is 0 Å². The molecule has 0 bridgehead atoms. The molecule has 0 spiro atoms. The van der Waals surface area contributed by atoms with E-state index in [0.717, 1.165) is 0 Å². The first-order chi connectivity index (χ1) is 13.9. The summed E-state index contributed by atoms with van der Waals surface area (Å²) in [6.45, 7) is 0.652. The summed E-state index contributed by atoms with van der Waals surface area (Å²) in [7, 11) is 2.92. The van der Waals surface area contributed by atoms with Crippen LogP contribution in [0.2, 0.25) is 10.0 Å². The van der Waals surface area contributed by atoms with Crippen molar-refractivity contribution in [1.29, 1.82) is 0 Å². The zero-order valence-electron chi connectivity index (χ0n) is 15.8. The molecule has 0 aliphatic carbocycles. The van der Waals surface area contributed by atoms with Crippen LogP contribution < -0.4 is 4.74 Å². The first-order valence-electron chi connectivity index (χ1n) is 8.74. The minimum atomic E-state index is -0.899. The fraction of sp³-hybridized carbons (Fsp3) is 0.300. The molecule has 1 fully saturated rings. The van der Waals surface area contributed by atoms with Gasteiger partial charge in [-0.3, -0.25) is 9.59 Å². The van der Waals surface area contributed by atoms with Crippen molar-refractivity contribution >= 4 is 40.7 Å². The average Bonchev–Trinajstić information content (AvgIpc) is 3.29. The molecule has 7 nitrogen and oxygen atoms in total. The number of carbonyl (C=O) groups excluding carboxylic acids is 2. The Morgan fingerprint density at radius 1 is 1.28 bits per heavy atom. The second-order valence-electron chi connectivity index (χ2n) is 6.32. The number of furan rings is 1. The number of carbonyl (C=O) groups is 2. The highest BCUT2D eigenvalue weighted by Crippen LogP contribution is 2.43. The molecule has 2 aromatic rings. The third-order valence-electron chi connectivity index (χ3n) is 4.57. The fourth-order valence-corrected chi connectivity index (χ4v) is 3.89. The van der Waals surface area contributed by atoms with Gasteiger partial charge in [0, 0.05) is 25.3 Å². The van der Waals surface area contributed by atoms with Crippen LogP contribution in [0, 0.1) is 0 Å². The van der Waals surface area contributed by atoms with Gasteiger partial charge in [-0.15, -0.1) is 0 Å². The predicted molar refractivity (Wildman–Crippen MR) is 107 cm³/mol. The van der Waals surface area contributed by atoms with Crippen LogP contribution in [-0.2, 0) is 14.3 Å². The Balaban J connectivity index is 2.17. The molecular formula is C20H19Cl2NO6. The minimum absolute atomic E-state index is 0.108. The molecule has 3 rings (SSSR count). The number of ether oxygens (including phenoxy) is 2. The number of ketones is 1. The summed E-state index contributed by atoms with van der Waals surface area (Å²) in [5.41, 5.74) is -0.0181. The van der Waals surface area contributed by atoms with Crippen molar-refractivity contribution in [2.75, 3.05) is 27.4 Å². The van der Waals surface area contributed by atoms with Crippen molar-refractivity contribution in [2.45, 2.75) is 12.5 Å². The van der Waals surface area contributed by atoms with Gasteiger partial charge < -0.3 is 23.9 Å². The van der Waals surface area contributed by atoms with Gasteiger partial charge in [0.1, 0.15) is 23.3 Å². The molecule has 1 atom stereocenters. The smallest absolute Gasteiger partial charge is 0.295 e. The lowest BCUT2D eigenvalue weighted by Gasteiger charge is -2.23. The summed E-state index contributed by atoms with van der Waals surface area (Å²) in [6.07, 6.45) is 1.94. The second-order valence-corrected chi connectivity index (χ2v) is 7.17. The van der Waals surface area contributed by atoms with Gasteiger partial charge in [-0.05, 0) is 30.7 Å². The van der Waals surface area contributed by atoms with Crippen LogP contribution in [-0.4, -0.2) is 49.1 Å². The van der Waals surface area contributed by atoms with Gasteiger partial charge in [0.05, 0.1) is 29.5 Å². The highest BCUT2D eigenvalue weighted by molar-refractivity contribution is 6.46. The minimum Gasteiger partial charge on any atom is -0.507 e. The molecular weight excluding hydrogens is 421 g/mol. The zero-order valence-corrected chi connectivity index (χ0v) is 17.3. The SMILES string of the molecule is COCCCN1C(=O)C(=O)/C(=C(\O)c2cc(Cl)cc(Cl)c2OC)C1c1ccco1. The molecule has 1 aromatic carbocycles. The van der Waals surface area contributed by atoms with Crippen molar-refractivity contribution in [3.63, 3.8) is 0 Å². The van der Waals surface area contributed by atoms with Crippen LogP contribution in [0.1, 0.15) is 23.8 Å². The molecule has 1 saturated heterocycles. The number of amides is 1. The van der Waals surface area contributed by atoms with Crippen LogP contribution in [0.4, 0.5) is 0 Å². The summed E-state index contributed by atoms with van der Waals surface area (Å²) in [4.78, 5) is 26.9. The summed E-state index contributed by atoms with van der Waals surface area (Å²) in [5, 5.41) is 11.4. The average molecular weight is 440 g/mol. The van der Waals surface area contributed by atoms with Crippen molar-refractivity contribution in [2.24, 2.45) is 0 Å². The van der Waals surface area contributed by atoms with Crippen LogP contribution >= 0.6 is 23.2 Å². The van der Waals surface area contributed by atoms with Gasteiger partial charge in [0.15, 0.2) is 0 Å². The number of aliphatic hydroxyl groups is 1. The summed E-state index contributed by atoms with van der Waals surface area (Å²) < 4.78 is 15.8. The maximum Gasteiger partial charge on any atom is 0.295 e. The maximum absolute atomic E-state index is 12.8. The number of aliphatic hydroxyl groups excluding tert-OH is 1. The van der Waals surface area contributed by atoms with Crippen LogP contribution in [0.3, 0.4) is 0 Å². The monoisotopic (exact) mass is 439 g/mol. The molecule has 29 heavy (non-hydrogen) atoms. The maximum atomic E-state index is 12.8. The van der Waals surface area contributed by atoms with Gasteiger partial charge in [0.2, 0.25) is 0 Å². The highest BCUT2D eigenvalue weighted by Gasteiger charge is 2.47. The molecule has 1 amide bonds. The lowest BCUT2D eigenvalue weighted by molar-refractivity contribution is -0.140. The van der Waals surface area contributed by atoms with Gasteiger partial charge in [-0.1, -0.05) is 23.2 Å². The molecule has 9 heteroatoms. The van der Waals surface area contributed by atoms with E-state index in [1.807, 2.05) is 0 Å². The van der Waals surface area contributed by atoms with E-state index >= 15 is 0 Å². The Labute approximate surface area is 177 Å². The van der Waals surface area contributed by atoms with Crippen molar-refractivity contribution in [3.8, 4) is 5.75 Å². The third kappa shape index (κ3) is 3.99. The van der Waals surface area contributed by atoms with E-state index in [1.165, 1.54) is 30.4 Å². The number of nitrogens with zero attached hydrogens (tertiary/aromatic N) is 1. The first kappa shape index (κ1) is 21.2. The number of hydrogen-bond donors (Lipinski definition) is 1. The molecule has 1 aliphatic rings. The zero-order chi connectivity index (χ0) is 21.1.